The van der Waals surface area contributed by atoms with Crippen LogP contribution in [0.4, 0.5) is 5.69 Å². The van der Waals surface area contributed by atoms with Gasteiger partial charge in [0.15, 0.2) is 0 Å². The highest BCUT2D eigenvalue weighted by Gasteiger charge is 2.17. The zero-order valence-electron chi connectivity index (χ0n) is 13.2. The van der Waals surface area contributed by atoms with E-state index in [9.17, 15) is 14.7 Å². The average molecular weight is 312 g/mol. The molecule has 5 heteroatoms. The molecule has 0 spiro atoms. The maximum absolute atomic E-state index is 11.9. The van der Waals surface area contributed by atoms with Crippen molar-refractivity contribution in [3.05, 3.63) is 59.7 Å². The van der Waals surface area contributed by atoms with E-state index >= 15 is 0 Å². The first-order chi connectivity index (χ1) is 11.0. The summed E-state index contributed by atoms with van der Waals surface area (Å²) >= 11 is 0. The smallest absolute Gasteiger partial charge is 0.313 e. The van der Waals surface area contributed by atoms with Gasteiger partial charge in [-0.3, -0.25) is 9.59 Å². The molecule has 0 heterocycles. The molecule has 0 aliphatic rings. The van der Waals surface area contributed by atoms with Crippen molar-refractivity contribution in [2.24, 2.45) is 0 Å². The Balaban J connectivity index is 1.94. The second kappa shape index (κ2) is 7.45. The Bertz CT molecular complexity index is 678. The lowest BCUT2D eigenvalue weighted by molar-refractivity contribution is -0.136. The van der Waals surface area contributed by atoms with Crippen LogP contribution in [-0.2, 0) is 16.0 Å². The summed E-state index contributed by atoms with van der Waals surface area (Å²) in [6, 6.07) is 13.6. The van der Waals surface area contributed by atoms with Crippen molar-refractivity contribution >= 4 is 17.5 Å². The number of phenolic OH excluding ortho intramolecular Hbond substituents is 1. The molecule has 1 unspecified atom stereocenters. The fourth-order valence-electron chi connectivity index (χ4n) is 2.12. The fraction of sp³-hybridized carbons (Fsp3) is 0.222. The number of carbonyl (C=O) groups is 2. The van der Waals surface area contributed by atoms with Gasteiger partial charge in [0.25, 0.3) is 0 Å². The van der Waals surface area contributed by atoms with Crippen LogP contribution in [0.3, 0.4) is 0 Å². The van der Waals surface area contributed by atoms with E-state index in [1.165, 1.54) is 29.8 Å². The van der Waals surface area contributed by atoms with E-state index in [4.69, 9.17) is 0 Å². The number of benzene rings is 2. The van der Waals surface area contributed by atoms with Gasteiger partial charge in [0.2, 0.25) is 0 Å². The standard InChI is InChI=1S/C18H20N2O3/c1-3-13-4-6-14(7-5-13)12(2)19-17(22)18(23)20-15-8-10-16(21)11-9-15/h4-12,21H,3H2,1-2H3,(H,19,22)(H,20,23). The van der Waals surface area contributed by atoms with Gasteiger partial charge < -0.3 is 15.7 Å². The second-order valence-electron chi connectivity index (χ2n) is 5.29. The number of amides is 2. The van der Waals surface area contributed by atoms with Crippen LogP contribution in [0.15, 0.2) is 48.5 Å². The molecule has 120 valence electrons. The molecule has 1 atom stereocenters. The third-order valence-corrected chi connectivity index (χ3v) is 3.57. The molecule has 23 heavy (non-hydrogen) atoms. The lowest BCUT2D eigenvalue weighted by Crippen LogP contribution is -2.36. The predicted octanol–water partition coefficient (Wildman–Crippen LogP) is 2.77. The minimum Gasteiger partial charge on any atom is -0.508 e. The quantitative estimate of drug-likeness (QED) is 0.600. The first kappa shape index (κ1) is 16.5. The summed E-state index contributed by atoms with van der Waals surface area (Å²) in [5.41, 5.74) is 2.60. The molecule has 2 aromatic rings. The Labute approximate surface area is 135 Å². The lowest BCUT2D eigenvalue weighted by Gasteiger charge is -2.14. The Hall–Kier alpha value is -2.82. The molecule has 2 rings (SSSR count). The number of hydrogen-bond acceptors (Lipinski definition) is 3. The fourth-order valence-corrected chi connectivity index (χ4v) is 2.12. The molecule has 0 bridgehead atoms. The number of rotatable bonds is 4. The summed E-state index contributed by atoms with van der Waals surface area (Å²) in [5, 5.41) is 14.3. The van der Waals surface area contributed by atoms with Crippen molar-refractivity contribution < 1.29 is 14.7 Å². The van der Waals surface area contributed by atoms with Gasteiger partial charge in [0.05, 0.1) is 6.04 Å². The van der Waals surface area contributed by atoms with E-state index in [0.29, 0.717) is 5.69 Å². The van der Waals surface area contributed by atoms with Gasteiger partial charge in [-0.2, -0.15) is 0 Å². The zero-order chi connectivity index (χ0) is 16.8. The number of carbonyl (C=O) groups excluding carboxylic acids is 2. The van der Waals surface area contributed by atoms with E-state index in [0.717, 1.165) is 12.0 Å². The minimum absolute atomic E-state index is 0.0941. The van der Waals surface area contributed by atoms with Gasteiger partial charge in [0, 0.05) is 5.69 Å². The molecular formula is C18H20N2O3. The first-order valence-electron chi connectivity index (χ1n) is 7.49. The van der Waals surface area contributed by atoms with Crippen molar-refractivity contribution in [1.29, 1.82) is 0 Å². The van der Waals surface area contributed by atoms with Crippen LogP contribution in [0.2, 0.25) is 0 Å². The SMILES string of the molecule is CCc1ccc(C(C)NC(=O)C(=O)Nc2ccc(O)cc2)cc1. The van der Waals surface area contributed by atoms with Crippen LogP contribution in [0.5, 0.6) is 5.75 Å². The maximum Gasteiger partial charge on any atom is 0.313 e. The monoisotopic (exact) mass is 312 g/mol. The van der Waals surface area contributed by atoms with Crippen molar-refractivity contribution in [3.8, 4) is 5.75 Å². The summed E-state index contributed by atoms with van der Waals surface area (Å²) in [6.45, 7) is 3.90. The van der Waals surface area contributed by atoms with Crippen LogP contribution in [0, 0.1) is 0 Å². The minimum atomic E-state index is -0.743. The molecule has 2 amide bonds. The maximum atomic E-state index is 11.9. The van der Waals surface area contributed by atoms with Gasteiger partial charge in [-0.05, 0) is 48.7 Å². The van der Waals surface area contributed by atoms with E-state index < -0.39 is 11.8 Å². The Morgan fingerprint density at radius 1 is 1.00 bits per heavy atom. The molecule has 2 aromatic carbocycles. The van der Waals surface area contributed by atoms with Crippen LogP contribution in [-0.4, -0.2) is 16.9 Å². The number of aromatic hydroxyl groups is 1. The Kier molecular flexibility index (Phi) is 5.36. The van der Waals surface area contributed by atoms with E-state index in [2.05, 4.69) is 17.6 Å². The Morgan fingerprint density at radius 2 is 1.61 bits per heavy atom. The summed E-state index contributed by atoms with van der Waals surface area (Å²) in [5.74, 6) is -1.35. The van der Waals surface area contributed by atoms with Crippen LogP contribution < -0.4 is 10.6 Å². The predicted molar refractivity (Wildman–Crippen MR) is 89.1 cm³/mol. The van der Waals surface area contributed by atoms with Crippen molar-refractivity contribution in [2.45, 2.75) is 26.3 Å². The van der Waals surface area contributed by atoms with Crippen molar-refractivity contribution in [1.82, 2.24) is 5.32 Å². The first-order valence-corrected chi connectivity index (χ1v) is 7.49. The largest absolute Gasteiger partial charge is 0.508 e. The van der Waals surface area contributed by atoms with E-state index in [1.54, 1.807) is 0 Å². The van der Waals surface area contributed by atoms with Crippen molar-refractivity contribution in [3.63, 3.8) is 0 Å². The molecule has 0 aromatic heterocycles. The highest BCUT2D eigenvalue weighted by atomic mass is 16.3. The normalized spacial score (nSPS) is 11.6. The third kappa shape index (κ3) is 4.57. The average Bonchev–Trinajstić information content (AvgIpc) is 2.56. The zero-order valence-corrected chi connectivity index (χ0v) is 13.2. The topological polar surface area (TPSA) is 78.4 Å². The molecule has 3 N–H and O–H groups in total. The second-order valence-corrected chi connectivity index (χ2v) is 5.29. The van der Waals surface area contributed by atoms with Crippen molar-refractivity contribution in [2.75, 3.05) is 5.32 Å². The lowest BCUT2D eigenvalue weighted by atomic mass is 10.1. The number of aryl methyl sites for hydroxylation is 1. The highest BCUT2D eigenvalue weighted by Crippen LogP contribution is 2.15. The summed E-state index contributed by atoms with van der Waals surface area (Å²) < 4.78 is 0. The molecule has 5 nitrogen and oxygen atoms in total. The van der Waals surface area contributed by atoms with Gasteiger partial charge in [0.1, 0.15) is 5.75 Å². The molecule has 0 fully saturated rings. The number of anilines is 1. The molecular weight excluding hydrogens is 292 g/mol. The number of nitrogens with one attached hydrogen (secondary N) is 2. The van der Waals surface area contributed by atoms with Crippen LogP contribution in [0.1, 0.15) is 31.0 Å². The summed E-state index contributed by atoms with van der Waals surface area (Å²) in [7, 11) is 0. The molecule has 0 radical (unpaired) electrons. The molecule has 0 aliphatic heterocycles. The van der Waals surface area contributed by atoms with Gasteiger partial charge in [-0.25, -0.2) is 0 Å². The number of hydrogen-bond donors (Lipinski definition) is 3. The van der Waals surface area contributed by atoms with Crippen LogP contribution >= 0.6 is 0 Å². The third-order valence-electron chi connectivity index (χ3n) is 3.57. The summed E-state index contributed by atoms with van der Waals surface area (Å²) in [6.07, 6.45) is 0.954. The number of phenols is 1. The van der Waals surface area contributed by atoms with Crippen LogP contribution in [0.25, 0.3) is 0 Å². The van der Waals surface area contributed by atoms with Gasteiger partial charge in [-0.15, -0.1) is 0 Å². The van der Waals surface area contributed by atoms with Gasteiger partial charge >= 0.3 is 11.8 Å². The molecule has 0 saturated carbocycles. The molecule has 0 saturated heterocycles. The van der Waals surface area contributed by atoms with E-state index in [1.807, 2.05) is 31.2 Å². The Morgan fingerprint density at radius 3 is 2.17 bits per heavy atom. The summed E-state index contributed by atoms with van der Waals surface area (Å²) in [4.78, 5) is 23.8. The highest BCUT2D eigenvalue weighted by molar-refractivity contribution is 6.39. The van der Waals surface area contributed by atoms with E-state index in [-0.39, 0.29) is 11.8 Å². The molecule has 0 aliphatic carbocycles. The van der Waals surface area contributed by atoms with Gasteiger partial charge in [-0.1, -0.05) is 31.2 Å².